The maximum Gasteiger partial charge on any atom is 0.251 e. The van der Waals surface area contributed by atoms with Crippen molar-refractivity contribution >= 4 is 17.5 Å². The Morgan fingerprint density at radius 3 is 2.52 bits per heavy atom. The van der Waals surface area contributed by atoms with Gasteiger partial charge in [0.15, 0.2) is 0 Å². The molecular formula is C19H21FN2O3. The quantitative estimate of drug-likeness (QED) is 0.676. The largest absolute Gasteiger partial charge is 0.396 e. The molecule has 0 aliphatic carbocycles. The smallest absolute Gasteiger partial charge is 0.251 e. The average molecular weight is 344 g/mol. The van der Waals surface area contributed by atoms with Crippen LogP contribution in [0.5, 0.6) is 0 Å². The van der Waals surface area contributed by atoms with Gasteiger partial charge in [0.05, 0.1) is 5.92 Å². The Morgan fingerprint density at radius 1 is 1.16 bits per heavy atom. The number of benzene rings is 2. The predicted molar refractivity (Wildman–Crippen MR) is 93.9 cm³/mol. The van der Waals surface area contributed by atoms with E-state index in [1.54, 1.807) is 43.3 Å². The zero-order valence-corrected chi connectivity index (χ0v) is 14.0. The number of anilines is 1. The fraction of sp³-hybridized carbons (Fsp3) is 0.263. The molecule has 0 aliphatic heterocycles. The summed E-state index contributed by atoms with van der Waals surface area (Å²) >= 11 is 0. The predicted octanol–water partition coefficient (Wildman–Crippen LogP) is 2.68. The molecule has 5 nitrogen and oxygen atoms in total. The average Bonchev–Trinajstić information content (AvgIpc) is 2.61. The first kappa shape index (κ1) is 18.6. The molecule has 3 N–H and O–H groups in total. The van der Waals surface area contributed by atoms with Crippen LogP contribution in [0.25, 0.3) is 0 Å². The van der Waals surface area contributed by atoms with E-state index in [-0.39, 0.29) is 24.2 Å². The fourth-order valence-electron chi connectivity index (χ4n) is 2.27. The normalized spacial score (nSPS) is 11.6. The summed E-state index contributed by atoms with van der Waals surface area (Å²) in [6, 6.07) is 12.4. The lowest BCUT2D eigenvalue weighted by atomic mass is 10.00. The number of halogens is 1. The molecule has 2 aromatic rings. The number of nitrogens with one attached hydrogen (secondary N) is 2. The Labute approximate surface area is 145 Å². The molecule has 0 heterocycles. The lowest BCUT2D eigenvalue weighted by molar-refractivity contribution is -0.117. The van der Waals surface area contributed by atoms with Crippen molar-refractivity contribution < 1.29 is 19.1 Å². The van der Waals surface area contributed by atoms with Crippen molar-refractivity contribution in [2.24, 2.45) is 0 Å². The van der Waals surface area contributed by atoms with Crippen molar-refractivity contribution in [3.8, 4) is 0 Å². The standard InChI is InChI=1S/C19H21FN2O3/c1-13(15-4-2-5-16(20)12-15)18(24)22-17-8-6-14(7-9-17)19(25)21-10-3-11-23/h2,4-9,12-13,23H,3,10-11H2,1H3,(H,21,25)(H,22,24). The van der Waals surface area contributed by atoms with Crippen LogP contribution in [-0.2, 0) is 4.79 Å². The number of aliphatic hydroxyl groups is 1. The molecule has 0 radical (unpaired) electrons. The van der Waals surface area contributed by atoms with E-state index in [4.69, 9.17) is 5.11 Å². The summed E-state index contributed by atoms with van der Waals surface area (Å²) in [6.07, 6.45) is 0.498. The summed E-state index contributed by atoms with van der Waals surface area (Å²) in [5, 5.41) is 14.1. The first-order valence-electron chi connectivity index (χ1n) is 8.06. The summed E-state index contributed by atoms with van der Waals surface area (Å²) in [7, 11) is 0. The van der Waals surface area contributed by atoms with Crippen LogP contribution in [0.2, 0.25) is 0 Å². The minimum absolute atomic E-state index is 0.0226. The van der Waals surface area contributed by atoms with E-state index in [0.717, 1.165) is 0 Å². The number of aliphatic hydroxyl groups excluding tert-OH is 1. The lowest BCUT2D eigenvalue weighted by Crippen LogP contribution is -2.25. The van der Waals surface area contributed by atoms with Crippen LogP contribution >= 0.6 is 0 Å². The zero-order chi connectivity index (χ0) is 18.2. The number of amides is 2. The Balaban J connectivity index is 1.96. The Kier molecular flexibility index (Phi) is 6.65. The summed E-state index contributed by atoms with van der Waals surface area (Å²) in [4.78, 5) is 24.1. The van der Waals surface area contributed by atoms with Crippen molar-refractivity contribution in [2.45, 2.75) is 19.3 Å². The molecule has 2 aromatic carbocycles. The van der Waals surface area contributed by atoms with E-state index in [9.17, 15) is 14.0 Å². The van der Waals surface area contributed by atoms with E-state index in [0.29, 0.717) is 29.8 Å². The SMILES string of the molecule is CC(C(=O)Nc1ccc(C(=O)NCCCO)cc1)c1cccc(F)c1. The number of hydrogen-bond donors (Lipinski definition) is 3. The molecule has 25 heavy (non-hydrogen) atoms. The molecule has 0 fully saturated rings. The molecule has 132 valence electrons. The highest BCUT2D eigenvalue weighted by Gasteiger charge is 2.16. The Morgan fingerprint density at radius 2 is 1.88 bits per heavy atom. The van der Waals surface area contributed by atoms with Crippen LogP contribution in [0, 0.1) is 5.82 Å². The highest BCUT2D eigenvalue weighted by molar-refractivity contribution is 5.97. The van der Waals surface area contributed by atoms with Gasteiger partial charge in [-0.15, -0.1) is 0 Å². The second-order valence-electron chi connectivity index (χ2n) is 5.68. The monoisotopic (exact) mass is 344 g/mol. The highest BCUT2D eigenvalue weighted by Crippen LogP contribution is 2.19. The van der Waals surface area contributed by atoms with Gasteiger partial charge in [0.2, 0.25) is 5.91 Å². The van der Waals surface area contributed by atoms with Crippen LogP contribution < -0.4 is 10.6 Å². The number of carbonyl (C=O) groups is 2. The first-order valence-corrected chi connectivity index (χ1v) is 8.06. The van der Waals surface area contributed by atoms with Crippen molar-refractivity contribution in [2.75, 3.05) is 18.5 Å². The van der Waals surface area contributed by atoms with Gasteiger partial charge in [-0.25, -0.2) is 4.39 Å². The molecular weight excluding hydrogens is 323 g/mol. The number of hydrogen-bond acceptors (Lipinski definition) is 3. The minimum atomic E-state index is -0.503. The Hall–Kier alpha value is -2.73. The molecule has 0 spiro atoms. The first-order chi connectivity index (χ1) is 12.0. The van der Waals surface area contributed by atoms with E-state index in [2.05, 4.69) is 10.6 Å². The van der Waals surface area contributed by atoms with Gasteiger partial charge >= 0.3 is 0 Å². The molecule has 0 bridgehead atoms. The molecule has 1 unspecified atom stereocenters. The second kappa shape index (κ2) is 8.94. The van der Waals surface area contributed by atoms with Gasteiger partial charge in [-0.2, -0.15) is 0 Å². The van der Waals surface area contributed by atoms with Crippen LogP contribution in [0.15, 0.2) is 48.5 Å². The van der Waals surface area contributed by atoms with Crippen molar-refractivity contribution in [1.29, 1.82) is 0 Å². The van der Waals surface area contributed by atoms with Gasteiger partial charge in [-0.1, -0.05) is 12.1 Å². The van der Waals surface area contributed by atoms with Crippen molar-refractivity contribution in [1.82, 2.24) is 5.32 Å². The molecule has 2 rings (SSSR count). The molecule has 0 aromatic heterocycles. The van der Waals surface area contributed by atoms with Gasteiger partial charge in [-0.3, -0.25) is 9.59 Å². The minimum Gasteiger partial charge on any atom is -0.396 e. The third-order valence-corrected chi connectivity index (χ3v) is 3.78. The third kappa shape index (κ3) is 5.39. The lowest BCUT2D eigenvalue weighted by Gasteiger charge is -2.13. The van der Waals surface area contributed by atoms with Crippen LogP contribution in [0.3, 0.4) is 0 Å². The highest BCUT2D eigenvalue weighted by atomic mass is 19.1. The molecule has 6 heteroatoms. The maximum atomic E-state index is 13.3. The van der Waals surface area contributed by atoms with E-state index >= 15 is 0 Å². The van der Waals surface area contributed by atoms with Gasteiger partial charge < -0.3 is 15.7 Å². The second-order valence-corrected chi connectivity index (χ2v) is 5.68. The summed E-state index contributed by atoms with van der Waals surface area (Å²) in [5.41, 5.74) is 1.62. The molecule has 0 aliphatic rings. The molecule has 1 atom stereocenters. The Bertz CT molecular complexity index is 732. The van der Waals surface area contributed by atoms with Gasteiger partial charge in [-0.05, 0) is 55.3 Å². The number of carbonyl (C=O) groups excluding carboxylic acids is 2. The zero-order valence-electron chi connectivity index (χ0n) is 14.0. The summed E-state index contributed by atoms with van der Waals surface area (Å²) in [6.45, 7) is 2.13. The molecule has 0 saturated heterocycles. The molecule has 2 amide bonds. The molecule has 0 saturated carbocycles. The van der Waals surface area contributed by atoms with Crippen LogP contribution in [-0.4, -0.2) is 30.1 Å². The van der Waals surface area contributed by atoms with Crippen LogP contribution in [0.1, 0.15) is 35.2 Å². The van der Waals surface area contributed by atoms with Crippen LogP contribution in [0.4, 0.5) is 10.1 Å². The number of rotatable bonds is 7. The maximum absolute atomic E-state index is 13.3. The topological polar surface area (TPSA) is 78.4 Å². The fourth-order valence-corrected chi connectivity index (χ4v) is 2.27. The van der Waals surface area contributed by atoms with E-state index < -0.39 is 5.92 Å². The third-order valence-electron chi connectivity index (χ3n) is 3.78. The van der Waals surface area contributed by atoms with Gasteiger partial charge in [0.25, 0.3) is 5.91 Å². The van der Waals surface area contributed by atoms with E-state index in [1.807, 2.05) is 0 Å². The van der Waals surface area contributed by atoms with Crippen molar-refractivity contribution in [3.05, 3.63) is 65.5 Å². The van der Waals surface area contributed by atoms with E-state index in [1.165, 1.54) is 12.1 Å². The summed E-state index contributed by atoms with van der Waals surface area (Å²) < 4.78 is 13.3. The van der Waals surface area contributed by atoms with Gasteiger partial charge in [0, 0.05) is 24.4 Å². The van der Waals surface area contributed by atoms with Gasteiger partial charge in [0.1, 0.15) is 5.82 Å². The van der Waals surface area contributed by atoms with Crippen molar-refractivity contribution in [3.63, 3.8) is 0 Å². The summed E-state index contributed by atoms with van der Waals surface area (Å²) in [5.74, 6) is -1.38.